The highest BCUT2D eigenvalue weighted by molar-refractivity contribution is 5.91. The number of hydrogen-bond acceptors (Lipinski definition) is 6. The molecule has 1 aliphatic rings. The molecule has 4 aromatic heterocycles. The van der Waals surface area contributed by atoms with Crippen molar-refractivity contribution in [2.24, 2.45) is 0 Å². The number of pyridine rings is 3. The SMILES string of the molecule is c1ccc(-c2cc3cnccc3nc2-c2ccc(CN3CCC(c4nnc(-c5ccccn5)[nH]4)C3)cc2)cc1. The Kier molecular flexibility index (Phi) is 6.11. The second-order valence-electron chi connectivity index (χ2n) is 10.0. The van der Waals surface area contributed by atoms with E-state index in [0.717, 1.165) is 76.7 Å². The van der Waals surface area contributed by atoms with Crippen LogP contribution in [-0.4, -0.2) is 48.1 Å². The smallest absolute Gasteiger partial charge is 0.179 e. The summed E-state index contributed by atoms with van der Waals surface area (Å²) in [5.74, 6) is 2.02. The van der Waals surface area contributed by atoms with Gasteiger partial charge in [-0.1, -0.05) is 60.7 Å². The van der Waals surface area contributed by atoms with Crippen molar-refractivity contribution in [3.05, 3.63) is 115 Å². The number of nitrogens with zero attached hydrogens (tertiary/aromatic N) is 6. The molecule has 5 heterocycles. The number of benzene rings is 2. The third-order valence-corrected chi connectivity index (χ3v) is 7.40. The Balaban J connectivity index is 1.09. The van der Waals surface area contributed by atoms with Gasteiger partial charge in [0.25, 0.3) is 0 Å². The molecule has 39 heavy (non-hydrogen) atoms. The van der Waals surface area contributed by atoms with Crippen molar-refractivity contribution in [2.75, 3.05) is 13.1 Å². The van der Waals surface area contributed by atoms with Crippen LogP contribution >= 0.6 is 0 Å². The number of aromatic nitrogens is 6. The molecule has 1 saturated heterocycles. The van der Waals surface area contributed by atoms with Crippen LogP contribution in [0.4, 0.5) is 0 Å². The summed E-state index contributed by atoms with van der Waals surface area (Å²) in [6.45, 7) is 2.89. The summed E-state index contributed by atoms with van der Waals surface area (Å²) in [7, 11) is 0. The van der Waals surface area contributed by atoms with Crippen LogP contribution in [0.5, 0.6) is 0 Å². The highest BCUT2D eigenvalue weighted by Gasteiger charge is 2.27. The monoisotopic (exact) mass is 509 g/mol. The number of H-pyrrole nitrogens is 1. The van der Waals surface area contributed by atoms with Gasteiger partial charge in [-0.05, 0) is 48.4 Å². The number of hydrogen-bond donors (Lipinski definition) is 1. The summed E-state index contributed by atoms with van der Waals surface area (Å²) in [5, 5.41) is 9.80. The van der Waals surface area contributed by atoms with Crippen molar-refractivity contribution < 1.29 is 0 Å². The lowest BCUT2D eigenvalue weighted by atomic mass is 9.97. The van der Waals surface area contributed by atoms with Gasteiger partial charge in [0.05, 0.1) is 11.2 Å². The van der Waals surface area contributed by atoms with E-state index in [9.17, 15) is 0 Å². The molecule has 0 bridgehead atoms. The van der Waals surface area contributed by atoms with E-state index in [-0.39, 0.29) is 0 Å². The summed E-state index contributed by atoms with van der Waals surface area (Å²) in [6.07, 6.45) is 6.51. The van der Waals surface area contributed by atoms with Crippen LogP contribution in [0.3, 0.4) is 0 Å². The minimum Gasteiger partial charge on any atom is -0.323 e. The van der Waals surface area contributed by atoms with E-state index >= 15 is 0 Å². The van der Waals surface area contributed by atoms with E-state index in [1.807, 2.05) is 36.5 Å². The molecule has 0 radical (unpaired) electrons. The second-order valence-corrected chi connectivity index (χ2v) is 10.0. The molecule has 6 aromatic rings. The Hall–Kier alpha value is -4.75. The molecule has 0 spiro atoms. The van der Waals surface area contributed by atoms with Crippen LogP contribution in [0.2, 0.25) is 0 Å². The first kappa shape index (κ1) is 23.4. The predicted molar refractivity (Wildman–Crippen MR) is 153 cm³/mol. The number of fused-ring (bicyclic) bond motifs is 1. The Morgan fingerprint density at radius 2 is 1.72 bits per heavy atom. The highest BCUT2D eigenvalue weighted by Crippen LogP contribution is 2.34. The fourth-order valence-electron chi connectivity index (χ4n) is 5.38. The molecule has 1 N–H and O–H groups in total. The molecule has 1 fully saturated rings. The number of nitrogens with one attached hydrogen (secondary N) is 1. The summed E-state index contributed by atoms with van der Waals surface area (Å²) >= 11 is 0. The molecule has 1 aliphatic heterocycles. The third-order valence-electron chi connectivity index (χ3n) is 7.40. The average molecular weight is 510 g/mol. The first-order valence-electron chi connectivity index (χ1n) is 13.3. The van der Waals surface area contributed by atoms with E-state index in [1.54, 1.807) is 12.4 Å². The van der Waals surface area contributed by atoms with Crippen molar-refractivity contribution in [3.63, 3.8) is 0 Å². The summed E-state index contributed by atoms with van der Waals surface area (Å²) in [5.41, 5.74) is 7.42. The highest BCUT2D eigenvalue weighted by atomic mass is 15.2. The van der Waals surface area contributed by atoms with Gasteiger partial charge in [-0.2, -0.15) is 0 Å². The van der Waals surface area contributed by atoms with Crippen LogP contribution in [-0.2, 0) is 6.54 Å². The lowest BCUT2D eigenvalue weighted by Crippen LogP contribution is -2.20. The summed E-state index contributed by atoms with van der Waals surface area (Å²) in [4.78, 5) is 19.6. The maximum Gasteiger partial charge on any atom is 0.179 e. The van der Waals surface area contributed by atoms with Crippen molar-refractivity contribution in [1.29, 1.82) is 0 Å². The van der Waals surface area contributed by atoms with Gasteiger partial charge in [0.2, 0.25) is 0 Å². The quantitative estimate of drug-likeness (QED) is 0.291. The van der Waals surface area contributed by atoms with Gasteiger partial charge >= 0.3 is 0 Å². The average Bonchev–Trinajstić information content (AvgIpc) is 3.68. The van der Waals surface area contributed by atoms with Gasteiger partial charge in [-0.15, -0.1) is 10.2 Å². The maximum absolute atomic E-state index is 5.05. The van der Waals surface area contributed by atoms with Gasteiger partial charge < -0.3 is 4.98 Å². The van der Waals surface area contributed by atoms with Crippen molar-refractivity contribution in [2.45, 2.75) is 18.9 Å². The molecular weight excluding hydrogens is 482 g/mol. The Morgan fingerprint density at radius 1 is 0.846 bits per heavy atom. The first-order valence-corrected chi connectivity index (χ1v) is 13.3. The van der Waals surface area contributed by atoms with Crippen LogP contribution < -0.4 is 0 Å². The maximum atomic E-state index is 5.05. The number of rotatable bonds is 6. The Bertz CT molecular complexity index is 1710. The minimum absolute atomic E-state index is 0.346. The molecule has 0 saturated carbocycles. The third kappa shape index (κ3) is 4.80. The predicted octanol–water partition coefficient (Wildman–Crippen LogP) is 6.13. The Labute approximate surface area is 226 Å². The van der Waals surface area contributed by atoms with Gasteiger partial charge in [-0.3, -0.25) is 14.9 Å². The van der Waals surface area contributed by atoms with Crippen molar-refractivity contribution >= 4 is 10.9 Å². The molecule has 190 valence electrons. The largest absolute Gasteiger partial charge is 0.323 e. The lowest BCUT2D eigenvalue weighted by molar-refractivity contribution is 0.326. The lowest BCUT2D eigenvalue weighted by Gasteiger charge is -2.16. The topological polar surface area (TPSA) is 83.5 Å². The van der Waals surface area contributed by atoms with E-state index in [4.69, 9.17) is 4.98 Å². The molecule has 2 aromatic carbocycles. The zero-order chi connectivity index (χ0) is 26.0. The molecule has 0 amide bonds. The van der Waals surface area contributed by atoms with E-state index < -0.39 is 0 Å². The van der Waals surface area contributed by atoms with Crippen LogP contribution in [0.1, 0.15) is 23.7 Å². The molecule has 1 unspecified atom stereocenters. The second kappa shape index (κ2) is 10.2. The molecule has 7 heteroatoms. The Morgan fingerprint density at radius 3 is 2.56 bits per heavy atom. The molecule has 7 rings (SSSR count). The molecule has 7 nitrogen and oxygen atoms in total. The van der Waals surface area contributed by atoms with Gasteiger partial charge in [0.1, 0.15) is 11.5 Å². The van der Waals surface area contributed by atoms with Gasteiger partial charge in [-0.25, -0.2) is 4.98 Å². The summed E-state index contributed by atoms with van der Waals surface area (Å²) < 4.78 is 0. The fraction of sp³-hybridized carbons (Fsp3) is 0.156. The molecule has 1 atom stereocenters. The molecule has 0 aliphatic carbocycles. The summed E-state index contributed by atoms with van der Waals surface area (Å²) in [6, 6.07) is 29.3. The van der Waals surface area contributed by atoms with E-state index in [2.05, 4.69) is 84.6 Å². The van der Waals surface area contributed by atoms with Crippen LogP contribution in [0.15, 0.2) is 104 Å². The van der Waals surface area contributed by atoms with Crippen molar-refractivity contribution in [1.82, 2.24) is 35.0 Å². The number of likely N-dealkylation sites (tertiary alicyclic amines) is 1. The minimum atomic E-state index is 0.346. The van der Waals surface area contributed by atoms with Gasteiger partial charge in [0, 0.05) is 54.1 Å². The van der Waals surface area contributed by atoms with E-state index in [1.165, 1.54) is 5.56 Å². The zero-order valence-corrected chi connectivity index (χ0v) is 21.4. The zero-order valence-electron chi connectivity index (χ0n) is 21.4. The van der Waals surface area contributed by atoms with Crippen LogP contribution in [0.25, 0.3) is 44.8 Å². The number of aromatic amines is 1. The van der Waals surface area contributed by atoms with E-state index in [0.29, 0.717) is 5.92 Å². The van der Waals surface area contributed by atoms with Crippen LogP contribution in [0, 0.1) is 0 Å². The normalized spacial score (nSPS) is 15.6. The van der Waals surface area contributed by atoms with Crippen molar-refractivity contribution in [3.8, 4) is 33.9 Å². The standard InChI is InChI=1S/C32H27N7/c1-2-6-23(7-3-1)27-18-26-19-33-16-13-28(26)35-30(27)24-11-9-22(10-12-24)20-39-17-14-25(21-39)31-36-32(38-37-31)29-8-4-5-15-34-29/h1-13,15-16,18-19,25H,14,17,20-21H2,(H,36,37,38). The fourth-order valence-corrected chi connectivity index (χ4v) is 5.38. The first-order chi connectivity index (χ1) is 19.3. The molecular formula is C32H27N7. The van der Waals surface area contributed by atoms with Gasteiger partial charge in [0.15, 0.2) is 5.82 Å².